The molecule has 1 aliphatic rings. The van der Waals surface area contributed by atoms with Crippen LogP contribution >= 0.6 is 11.5 Å². The number of aromatic nitrogens is 1. The van der Waals surface area contributed by atoms with E-state index in [1.165, 1.54) is 11.5 Å². The number of hydrogen-bond acceptors (Lipinski definition) is 4. The van der Waals surface area contributed by atoms with Crippen LogP contribution in [0, 0.1) is 0 Å². The number of carbonyl (C=O) groups is 1. The van der Waals surface area contributed by atoms with Crippen molar-refractivity contribution in [2.75, 3.05) is 25.0 Å². The summed E-state index contributed by atoms with van der Waals surface area (Å²) in [5, 5.41) is 6.07. The zero-order chi connectivity index (χ0) is 13.0. The van der Waals surface area contributed by atoms with Crippen LogP contribution < -0.4 is 10.6 Å². The molecule has 1 aromatic rings. The summed E-state index contributed by atoms with van der Waals surface area (Å²) in [7, 11) is 0. The summed E-state index contributed by atoms with van der Waals surface area (Å²) in [5.41, 5.74) is 0. The predicted molar refractivity (Wildman–Crippen MR) is 65.1 cm³/mol. The second-order valence-electron chi connectivity index (χ2n) is 4.11. The summed E-state index contributed by atoms with van der Waals surface area (Å²) in [5.74, 6) is 0. The Balaban J connectivity index is 1.72. The first-order valence-corrected chi connectivity index (χ1v) is 6.39. The number of nitrogens with zero attached hydrogens (tertiary/aromatic N) is 2. The quantitative estimate of drug-likeness (QED) is 0.878. The second-order valence-corrected chi connectivity index (χ2v) is 4.94. The molecule has 2 rings (SSSR count). The lowest BCUT2D eigenvalue weighted by atomic mass is 10.3. The lowest BCUT2D eigenvalue weighted by Gasteiger charge is -2.16. The minimum absolute atomic E-state index is 0.0725. The molecule has 0 aliphatic carbocycles. The third-order valence-corrected chi connectivity index (χ3v) is 3.34. The van der Waals surface area contributed by atoms with Crippen molar-refractivity contribution >= 4 is 22.6 Å². The van der Waals surface area contributed by atoms with E-state index in [-0.39, 0.29) is 18.6 Å². The summed E-state index contributed by atoms with van der Waals surface area (Å²) in [6.07, 6.45) is -0.0296. The van der Waals surface area contributed by atoms with Crippen molar-refractivity contribution in [1.29, 1.82) is 0 Å². The fraction of sp³-hybridized carbons (Fsp3) is 0.600. The molecule has 1 unspecified atom stereocenters. The molecule has 8 heteroatoms. The number of carbonyl (C=O) groups excluding carboxylic acids is 1. The molecule has 1 fully saturated rings. The van der Waals surface area contributed by atoms with E-state index in [4.69, 9.17) is 0 Å². The molecule has 2 N–H and O–H groups in total. The first-order chi connectivity index (χ1) is 8.63. The molecule has 2 heterocycles. The molecule has 1 atom stereocenters. The molecule has 0 aromatic carbocycles. The summed E-state index contributed by atoms with van der Waals surface area (Å²) >= 11 is 1.19. The number of urea groups is 1. The molecule has 0 spiro atoms. The van der Waals surface area contributed by atoms with Gasteiger partial charge >= 0.3 is 6.03 Å². The van der Waals surface area contributed by atoms with Crippen molar-refractivity contribution in [3.8, 4) is 0 Å². The molecule has 5 nitrogen and oxygen atoms in total. The van der Waals surface area contributed by atoms with Gasteiger partial charge in [-0.15, -0.1) is 0 Å². The highest BCUT2D eigenvalue weighted by atomic mass is 32.1. The van der Waals surface area contributed by atoms with Crippen LogP contribution in [0.3, 0.4) is 0 Å². The van der Waals surface area contributed by atoms with Crippen molar-refractivity contribution < 1.29 is 13.6 Å². The van der Waals surface area contributed by atoms with Gasteiger partial charge in [-0.2, -0.15) is 4.37 Å². The van der Waals surface area contributed by atoms with Gasteiger partial charge in [0.25, 0.3) is 6.43 Å². The van der Waals surface area contributed by atoms with Crippen LogP contribution in [0.15, 0.2) is 12.3 Å². The van der Waals surface area contributed by atoms with Crippen LogP contribution in [0.25, 0.3) is 0 Å². The molecule has 1 saturated heterocycles. The maximum Gasteiger partial charge on any atom is 0.320 e. The Labute approximate surface area is 107 Å². The average Bonchev–Trinajstić information content (AvgIpc) is 2.89. The molecular formula is C10H14F2N4OS. The fourth-order valence-electron chi connectivity index (χ4n) is 1.93. The van der Waals surface area contributed by atoms with Crippen LogP contribution in [0.5, 0.6) is 0 Å². The van der Waals surface area contributed by atoms with E-state index in [0.29, 0.717) is 24.5 Å². The first-order valence-electron chi connectivity index (χ1n) is 5.62. The van der Waals surface area contributed by atoms with Gasteiger partial charge in [-0.05, 0) is 24.0 Å². The number of halogens is 2. The zero-order valence-corrected chi connectivity index (χ0v) is 10.4. The molecule has 1 aliphatic heterocycles. The number of alkyl halides is 2. The number of rotatable bonds is 4. The van der Waals surface area contributed by atoms with Gasteiger partial charge in [0.2, 0.25) is 0 Å². The van der Waals surface area contributed by atoms with Crippen LogP contribution in [0.4, 0.5) is 18.6 Å². The fourth-order valence-corrected chi connectivity index (χ4v) is 2.42. The van der Waals surface area contributed by atoms with Gasteiger partial charge in [0.05, 0.1) is 6.54 Å². The number of likely N-dealkylation sites (tertiary alicyclic amines) is 1. The maximum absolute atomic E-state index is 12.2. The van der Waals surface area contributed by atoms with Crippen LogP contribution in [0.2, 0.25) is 0 Å². The summed E-state index contributed by atoms with van der Waals surface area (Å²) in [4.78, 5) is 13.2. The Kier molecular flexibility index (Phi) is 4.43. The molecule has 2 amide bonds. The van der Waals surface area contributed by atoms with Gasteiger partial charge in [0.1, 0.15) is 5.00 Å². The highest BCUT2D eigenvalue weighted by Crippen LogP contribution is 2.13. The lowest BCUT2D eigenvalue weighted by Crippen LogP contribution is -2.40. The van der Waals surface area contributed by atoms with E-state index in [0.717, 1.165) is 0 Å². The number of nitrogens with one attached hydrogen (secondary N) is 2. The van der Waals surface area contributed by atoms with Crippen molar-refractivity contribution in [3.63, 3.8) is 0 Å². The predicted octanol–water partition coefficient (Wildman–Crippen LogP) is 1.60. The van der Waals surface area contributed by atoms with E-state index in [9.17, 15) is 13.6 Å². The van der Waals surface area contributed by atoms with Crippen LogP contribution in [-0.2, 0) is 0 Å². The van der Waals surface area contributed by atoms with Gasteiger partial charge in [-0.25, -0.2) is 13.6 Å². The van der Waals surface area contributed by atoms with E-state index < -0.39 is 6.43 Å². The largest absolute Gasteiger partial charge is 0.334 e. The third kappa shape index (κ3) is 3.88. The minimum atomic E-state index is -2.32. The number of amides is 2. The Bertz CT molecular complexity index is 387. The molecule has 0 radical (unpaired) electrons. The standard InChI is InChI=1S/C10H14F2N4OS/c11-8(12)6-16-4-2-7(5-16)14-10(17)15-9-1-3-13-18-9/h1,3,7-8H,2,4-6H2,(H2,14,15,17). The molecule has 1 aromatic heterocycles. The normalized spacial score (nSPS) is 20.3. The van der Waals surface area contributed by atoms with Crippen molar-refractivity contribution in [2.45, 2.75) is 18.9 Å². The molecule has 100 valence electrons. The van der Waals surface area contributed by atoms with E-state index >= 15 is 0 Å². The number of anilines is 1. The summed E-state index contributed by atoms with van der Waals surface area (Å²) in [6, 6.07) is 1.31. The first kappa shape index (κ1) is 13.2. The lowest BCUT2D eigenvalue weighted by molar-refractivity contribution is 0.0988. The maximum atomic E-state index is 12.2. The average molecular weight is 276 g/mol. The van der Waals surface area contributed by atoms with Crippen LogP contribution in [-0.4, -0.2) is 47.4 Å². The minimum Gasteiger partial charge on any atom is -0.334 e. The van der Waals surface area contributed by atoms with Gasteiger partial charge in [-0.1, -0.05) is 0 Å². The molecule has 0 saturated carbocycles. The van der Waals surface area contributed by atoms with E-state index in [1.54, 1.807) is 17.2 Å². The van der Waals surface area contributed by atoms with Crippen molar-refractivity contribution in [1.82, 2.24) is 14.6 Å². The Morgan fingerprint density at radius 3 is 3.17 bits per heavy atom. The number of hydrogen-bond donors (Lipinski definition) is 2. The monoisotopic (exact) mass is 276 g/mol. The third-order valence-electron chi connectivity index (χ3n) is 2.68. The highest BCUT2D eigenvalue weighted by Gasteiger charge is 2.25. The Hall–Kier alpha value is -1.28. The van der Waals surface area contributed by atoms with Gasteiger partial charge in [0.15, 0.2) is 0 Å². The topological polar surface area (TPSA) is 57.3 Å². The summed E-state index contributed by atoms with van der Waals surface area (Å²) in [6.45, 7) is 0.838. The Morgan fingerprint density at radius 2 is 2.50 bits per heavy atom. The smallest absolute Gasteiger partial charge is 0.320 e. The van der Waals surface area contributed by atoms with Gasteiger partial charge in [-0.3, -0.25) is 10.2 Å². The van der Waals surface area contributed by atoms with Gasteiger partial charge in [0, 0.05) is 25.3 Å². The molecule has 0 bridgehead atoms. The highest BCUT2D eigenvalue weighted by molar-refractivity contribution is 7.10. The zero-order valence-electron chi connectivity index (χ0n) is 9.60. The van der Waals surface area contributed by atoms with Gasteiger partial charge < -0.3 is 5.32 Å². The molecular weight excluding hydrogens is 262 g/mol. The second kappa shape index (κ2) is 6.05. The van der Waals surface area contributed by atoms with E-state index in [2.05, 4.69) is 15.0 Å². The van der Waals surface area contributed by atoms with Crippen LogP contribution in [0.1, 0.15) is 6.42 Å². The summed E-state index contributed by atoms with van der Waals surface area (Å²) < 4.78 is 28.2. The van der Waals surface area contributed by atoms with E-state index in [1.807, 2.05) is 0 Å². The van der Waals surface area contributed by atoms with Crippen molar-refractivity contribution in [2.24, 2.45) is 0 Å². The van der Waals surface area contributed by atoms with Crippen molar-refractivity contribution in [3.05, 3.63) is 12.3 Å². The Morgan fingerprint density at radius 1 is 1.67 bits per heavy atom. The molecule has 18 heavy (non-hydrogen) atoms. The SMILES string of the molecule is O=C(Nc1ccns1)NC1CCN(CC(F)F)C1.